The first-order valence-corrected chi connectivity index (χ1v) is 4.85. The van der Waals surface area contributed by atoms with Crippen LogP contribution in [-0.4, -0.2) is 6.61 Å². The molecule has 0 aromatic heterocycles. The Kier molecular flexibility index (Phi) is 4.00. The summed E-state index contributed by atoms with van der Waals surface area (Å²) in [6.07, 6.45) is 1.04. The average molecular weight is 189 g/mol. The molecule has 1 aromatic carbocycles. The first-order chi connectivity index (χ1) is 6.72. The van der Waals surface area contributed by atoms with Gasteiger partial charge in [0, 0.05) is 0 Å². The highest BCUT2D eigenvalue weighted by atomic mass is 16.5. The second-order valence-corrected chi connectivity index (χ2v) is 3.67. The summed E-state index contributed by atoms with van der Waals surface area (Å²) in [6.45, 7) is 5.04. The van der Waals surface area contributed by atoms with Gasteiger partial charge in [-0.3, -0.25) is 0 Å². The summed E-state index contributed by atoms with van der Waals surface area (Å²) in [4.78, 5) is 0. The summed E-state index contributed by atoms with van der Waals surface area (Å²) in [5, 5.41) is 8.67. The lowest BCUT2D eigenvalue weighted by atomic mass is 10.1. The van der Waals surface area contributed by atoms with Crippen LogP contribution in [0.15, 0.2) is 24.3 Å². The molecule has 0 spiro atoms. The maximum absolute atomic E-state index is 8.67. The highest BCUT2D eigenvalue weighted by molar-refractivity contribution is 5.36. The highest BCUT2D eigenvalue weighted by Crippen LogP contribution is 2.13. The van der Waals surface area contributed by atoms with E-state index in [9.17, 15) is 0 Å². The van der Waals surface area contributed by atoms with Gasteiger partial charge >= 0.3 is 0 Å². The zero-order valence-corrected chi connectivity index (χ0v) is 8.66. The molecule has 0 N–H and O–H groups in total. The first-order valence-electron chi connectivity index (χ1n) is 4.85. The van der Waals surface area contributed by atoms with E-state index >= 15 is 0 Å². The van der Waals surface area contributed by atoms with Gasteiger partial charge in [-0.15, -0.1) is 0 Å². The van der Waals surface area contributed by atoms with Gasteiger partial charge in [0.2, 0.25) is 0 Å². The first kappa shape index (κ1) is 10.6. The molecular formula is C12H15NO. The molecule has 1 rings (SSSR count). The molecule has 1 aromatic rings. The van der Waals surface area contributed by atoms with Gasteiger partial charge in [0.25, 0.3) is 0 Å². The lowest BCUT2D eigenvalue weighted by molar-refractivity contribution is 0.289. The van der Waals surface area contributed by atoms with E-state index < -0.39 is 0 Å². The Hall–Kier alpha value is -1.49. The van der Waals surface area contributed by atoms with Crippen LogP contribution in [0.5, 0.6) is 5.75 Å². The Morgan fingerprint density at radius 3 is 2.86 bits per heavy atom. The molecule has 0 saturated carbocycles. The van der Waals surface area contributed by atoms with Crippen LogP contribution in [0.3, 0.4) is 0 Å². The Morgan fingerprint density at radius 2 is 2.21 bits per heavy atom. The molecule has 0 aliphatic carbocycles. The monoisotopic (exact) mass is 189 g/mol. The van der Waals surface area contributed by atoms with Crippen molar-refractivity contribution in [1.29, 1.82) is 5.26 Å². The third-order valence-corrected chi connectivity index (χ3v) is 1.93. The van der Waals surface area contributed by atoms with Crippen molar-refractivity contribution >= 4 is 0 Å². The van der Waals surface area contributed by atoms with Crippen molar-refractivity contribution in [2.45, 2.75) is 20.3 Å². The molecule has 0 aliphatic rings. The van der Waals surface area contributed by atoms with Gasteiger partial charge < -0.3 is 4.74 Å². The van der Waals surface area contributed by atoms with E-state index in [0.717, 1.165) is 12.2 Å². The molecule has 0 saturated heterocycles. The number of nitrogens with zero attached hydrogens (tertiary/aromatic N) is 1. The van der Waals surface area contributed by atoms with E-state index in [1.165, 1.54) is 0 Å². The Balaban J connectivity index is 2.47. The summed E-state index contributed by atoms with van der Waals surface area (Å²) >= 11 is 0. The molecule has 0 unspecified atom stereocenters. The van der Waals surface area contributed by atoms with Crippen LogP contribution in [0.2, 0.25) is 0 Å². The second kappa shape index (κ2) is 5.29. The molecule has 0 radical (unpaired) electrons. The van der Waals surface area contributed by atoms with Gasteiger partial charge in [0.15, 0.2) is 0 Å². The van der Waals surface area contributed by atoms with Gasteiger partial charge in [0.1, 0.15) is 5.75 Å². The Morgan fingerprint density at radius 1 is 1.43 bits per heavy atom. The van der Waals surface area contributed by atoms with Gasteiger partial charge in [0.05, 0.1) is 18.2 Å². The van der Waals surface area contributed by atoms with Gasteiger partial charge in [-0.05, 0) is 30.5 Å². The number of hydrogen-bond acceptors (Lipinski definition) is 2. The number of rotatable bonds is 4. The van der Waals surface area contributed by atoms with Crippen LogP contribution >= 0.6 is 0 Å². The molecule has 2 heteroatoms. The smallest absolute Gasteiger partial charge is 0.120 e. The molecule has 0 aliphatic heterocycles. The molecule has 0 atom stereocenters. The van der Waals surface area contributed by atoms with Crippen LogP contribution in [0.1, 0.15) is 25.8 Å². The third-order valence-electron chi connectivity index (χ3n) is 1.93. The Labute approximate surface area is 85.1 Å². The number of benzene rings is 1. The number of ether oxygens (including phenoxy) is 1. The van der Waals surface area contributed by atoms with Gasteiger partial charge in [-0.25, -0.2) is 0 Å². The predicted molar refractivity (Wildman–Crippen MR) is 56.1 cm³/mol. The minimum atomic E-state index is 0.645. The van der Waals surface area contributed by atoms with E-state index in [1.54, 1.807) is 12.1 Å². The van der Waals surface area contributed by atoms with Crippen LogP contribution in [0.4, 0.5) is 0 Å². The lowest BCUT2D eigenvalue weighted by Gasteiger charge is -2.07. The summed E-state index contributed by atoms with van der Waals surface area (Å²) in [6, 6.07) is 9.34. The van der Waals surface area contributed by atoms with Crippen molar-refractivity contribution in [1.82, 2.24) is 0 Å². The fourth-order valence-corrected chi connectivity index (χ4v) is 1.07. The zero-order chi connectivity index (χ0) is 10.4. The third kappa shape index (κ3) is 3.49. The minimum absolute atomic E-state index is 0.645. The molecule has 0 heterocycles. The average Bonchev–Trinajstić information content (AvgIpc) is 2.18. The SMILES string of the molecule is CC(C)CCOc1cccc(C#N)c1. The topological polar surface area (TPSA) is 33.0 Å². The molecule has 74 valence electrons. The van der Waals surface area contributed by atoms with E-state index in [-0.39, 0.29) is 0 Å². The zero-order valence-electron chi connectivity index (χ0n) is 8.66. The quantitative estimate of drug-likeness (QED) is 0.729. The second-order valence-electron chi connectivity index (χ2n) is 3.67. The lowest BCUT2D eigenvalue weighted by Crippen LogP contribution is -2.01. The van der Waals surface area contributed by atoms with Crippen LogP contribution in [0, 0.1) is 17.2 Å². The summed E-state index contributed by atoms with van der Waals surface area (Å²) in [5.74, 6) is 1.43. The van der Waals surface area contributed by atoms with Gasteiger partial charge in [-0.2, -0.15) is 5.26 Å². The standard InChI is InChI=1S/C12H15NO/c1-10(2)6-7-14-12-5-3-4-11(8-12)9-13/h3-5,8,10H,6-7H2,1-2H3. The van der Waals surface area contributed by atoms with E-state index in [0.29, 0.717) is 18.1 Å². The van der Waals surface area contributed by atoms with Gasteiger partial charge in [-0.1, -0.05) is 19.9 Å². The van der Waals surface area contributed by atoms with E-state index in [2.05, 4.69) is 19.9 Å². The highest BCUT2D eigenvalue weighted by Gasteiger charge is 1.97. The molecule has 0 bridgehead atoms. The largest absolute Gasteiger partial charge is 0.494 e. The fraction of sp³-hybridized carbons (Fsp3) is 0.417. The van der Waals surface area contributed by atoms with E-state index in [4.69, 9.17) is 10.00 Å². The minimum Gasteiger partial charge on any atom is -0.494 e. The van der Waals surface area contributed by atoms with Crippen LogP contribution < -0.4 is 4.74 Å². The van der Waals surface area contributed by atoms with E-state index in [1.807, 2.05) is 12.1 Å². The van der Waals surface area contributed by atoms with Crippen LogP contribution in [-0.2, 0) is 0 Å². The van der Waals surface area contributed by atoms with Crippen molar-refractivity contribution in [2.24, 2.45) is 5.92 Å². The number of hydrogen-bond donors (Lipinski definition) is 0. The molecule has 14 heavy (non-hydrogen) atoms. The molecular weight excluding hydrogens is 174 g/mol. The molecule has 2 nitrogen and oxygen atoms in total. The summed E-state index contributed by atoms with van der Waals surface area (Å²) in [7, 11) is 0. The Bertz CT molecular complexity index is 325. The summed E-state index contributed by atoms with van der Waals surface area (Å²) in [5.41, 5.74) is 0.645. The molecule has 0 fully saturated rings. The van der Waals surface area contributed by atoms with Crippen molar-refractivity contribution in [3.05, 3.63) is 29.8 Å². The van der Waals surface area contributed by atoms with Crippen molar-refractivity contribution in [3.63, 3.8) is 0 Å². The maximum Gasteiger partial charge on any atom is 0.120 e. The van der Waals surface area contributed by atoms with Crippen LogP contribution in [0.25, 0.3) is 0 Å². The number of nitriles is 1. The molecule has 0 amide bonds. The summed E-state index contributed by atoms with van der Waals surface area (Å²) < 4.78 is 5.51. The van der Waals surface area contributed by atoms with Crippen molar-refractivity contribution in [3.8, 4) is 11.8 Å². The predicted octanol–water partition coefficient (Wildman–Crippen LogP) is 2.98. The normalized spacial score (nSPS) is 9.86. The fourth-order valence-electron chi connectivity index (χ4n) is 1.07. The van der Waals surface area contributed by atoms with Crippen molar-refractivity contribution in [2.75, 3.05) is 6.61 Å². The van der Waals surface area contributed by atoms with Crippen molar-refractivity contribution < 1.29 is 4.74 Å². The maximum atomic E-state index is 8.67.